The van der Waals surface area contributed by atoms with Crippen LogP contribution in [0.2, 0.25) is 0 Å². The van der Waals surface area contributed by atoms with Gasteiger partial charge in [-0.25, -0.2) is 5.01 Å². The van der Waals surface area contributed by atoms with Crippen LogP contribution in [0.25, 0.3) is 0 Å². The molecule has 0 heterocycles. The van der Waals surface area contributed by atoms with Gasteiger partial charge in [-0.05, 0) is 24.3 Å². The van der Waals surface area contributed by atoms with Gasteiger partial charge in [-0.1, -0.05) is 13.5 Å². The average molecular weight is 244 g/mol. The number of benzene rings is 1. The minimum absolute atomic E-state index is 0.649. The maximum Gasteiger partial charge on any atom is 0.416 e. The smallest absolute Gasteiger partial charge is 0.283 e. The van der Waals surface area contributed by atoms with Crippen molar-refractivity contribution in [1.82, 2.24) is 5.01 Å². The van der Waals surface area contributed by atoms with Crippen molar-refractivity contribution in [3.63, 3.8) is 0 Å². The highest BCUT2D eigenvalue weighted by Crippen LogP contribution is 2.30. The van der Waals surface area contributed by atoms with Crippen LogP contribution in [-0.4, -0.2) is 18.6 Å². The second-order valence-corrected chi connectivity index (χ2v) is 3.55. The molecule has 0 saturated heterocycles. The van der Waals surface area contributed by atoms with Gasteiger partial charge in [-0.15, -0.1) is 0 Å². The minimum Gasteiger partial charge on any atom is -0.283 e. The van der Waals surface area contributed by atoms with E-state index in [0.717, 1.165) is 18.7 Å². The zero-order valence-electron chi connectivity index (χ0n) is 9.83. The van der Waals surface area contributed by atoms with Gasteiger partial charge in [0, 0.05) is 19.8 Å². The third-order valence-electron chi connectivity index (χ3n) is 2.46. The Hall–Kier alpha value is -1.49. The Kier molecular flexibility index (Phi) is 4.17. The molecule has 0 atom stereocenters. The van der Waals surface area contributed by atoms with Crippen molar-refractivity contribution in [1.29, 1.82) is 0 Å². The van der Waals surface area contributed by atoms with Gasteiger partial charge in [0.1, 0.15) is 0 Å². The summed E-state index contributed by atoms with van der Waals surface area (Å²) in [5, 5.41) is 3.54. The lowest BCUT2D eigenvalue weighted by atomic mass is 10.2. The molecule has 17 heavy (non-hydrogen) atoms. The van der Waals surface area contributed by atoms with Gasteiger partial charge in [0.05, 0.1) is 11.3 Å². The fraction of sp³-hybridized carbons (Fsp3) is 0.333. The molecule has 0 bridgehead atoms. The van der Waals surface area contributed by atoms with Gasteiger partial charge in [-0.3, -0.25) is 5.01 Å². The number of halogens is 3. The Bertz CT molecular complexity index is 370. The first-order chi connectivity index (χ1) is 7.90. The molecule has 0 fully saturated rings. The maximum absolute atomic E-state index is 12.4. The number of rotatable bonds is 4. The minimum atomic E-state index is -4.30. The molecule has 1 rings (SSSR count). The van der Waals surface area contributed by atoms with Crippen LogP contribution >= 0.6 is 0 Å². The summed E-state index contributed by atoms with van der Waals surface area (Å²) < 4.78 is 37.1. The molecule has 0 aliphatic rings. The standard InChI is InChI=1S/C12H15F3N2/c1-4-16(3)17(5-2)11-8-6-10(7-9-11)12(13,14)15/h5-9H,2,4H2,1,3H3. The van der Waals surface area contributed by atoms with E-state index >= 15 is 0 Å². The lowest BCUT2D eigenvalue weighted by molar-refractivity contribution is -0.137. The number of hydrazine groups is 1. The molecular formula is C12H15F3N2. The molecule has 0 saturated carbocycles. The normalized spacial score (nSPS) is 11.6. The monoisotopic (exact) mass is 244 g/mol. The molecule has 2 nitrogen and oxygen atoms in total. The third kappa shape index (κ3) is 3.23. The van der Waals surface area contributed by atoms with Gasteiger partial charge in [0.15, 0.2) is 0 Å². The van der Waals surface area contributed by atoms with Gasteiger partial charge < -0.3 is 0 Å². The molecule has 94 valence electrons. The van der Waals surface area contributed by atoms with Crippen LogP contribution < -0.4 is 5.01 Å². The fourth-order valence-electron chi connectivity index (χ4n) is 1.40. The van der Waals surface area contributed by atoms with E-state index in [1.807, 2.05) is 19.0 Å². The molecular weight excluding hydrogens is 229 g/mol. The summed E-state index contributed by atoms with van der Waals surface area (Å²) in [7, 11) is 1.83. The Balaban J connectivity index is 2.97. The van der Waals surface area contributed by atoms with Crippen molar-refractivity contribution in [2.45, 2.75) is 13.1 Å². The van der Waals surface area contributed by atoms with Gasteiger partial charge >= 0.3 is 6.18 Å². The van der Waals surface area contributed by atoms with Crippen LogP contribution in [-0.2, 0) is 6.18 Å². The number of nitrogens with zero attached hydrogens (tertiary/aromatic N) is 2. The summed E-state index contributed by atoms with van der Waals surface area (Å²) in [5.41, 5.74) is 0.00163. The second-order valence-electron chi connectivity index (χ2n) is 3.55. The summed E-state index contributed by atoms with van der Waals surface area (Å²) in [4.78, 5) is 0. The number of hydrogen-bond acceptors (Lipinski definition) is 2. The summed E-state index contributed by atoms with van der Waals surface area (Å²) >= 11 is 0. The van der Waals surface area contributed by atoms with Crippen LogP contribution in [0.4, 0.5) is 18.9 Å². The first-order valence-corrected chi connectivity index (χ1v) is 5.20. The molecule has 0 aliphatic carbocycles. The van der Waals surface area contributed by atoms with E-state index in [1.54, 1.807) is 11.2 Å². The molecule has 0 spiro atoms. The molecule has 0 N–H and O–H groups in total. The molecule has 5 heteroatoms. The lowest BCUT2D eigenvalue weighted by Gasteiger charge is -2.29. The second kappa shape index (κ2) is 5.23. The Labute approximate surface area is 98.9 Å². The van der Waals surface area contributed by atoms with E-state index in [-0.39, 0.29) is 0 Å². The number of hydrogen-bond donors (Lipinski definition) is 0. The Morgan fingerprint density at radius 1 is 1.24 bits per heavy atom. The van der Waals surface area contributed by atoms with E-state index < -0.39 is 11.7 Å². The Morgan fingerprint density at radius 3 is 2.12 bits per heavy atom. The van der Waals surface area contributed by atoms with E-state index in [1.165, 1.54) is 12.1 Å². The zero-order chi connectivity index (χ0) is 13.1. The van der Waals surface area contributed by atoms with Crippen molar-refractivity contribution in [3.05, 3.63) is 42.6 Å². The SMILES string of the molecule is C=CN(c1ccc(C(F)(F)F)cc1)N(C)CC. The summed E-state index contributed by atoms with van der Waals surface area (Å²) in [6, 6.07) is 4.98. The highest BCUT2D eigenvalue weighted by atomic mass is 19.4. The van der Waals surface area contributed by atoms with Crippen LogP contribution in [0.15, 0.2) is 37.0 Å². The largest absolute Gasteiger partial charge is 0.416 e. The highest BCUT2D eigenvalue weighted by molar-refractivity contribution is 5.49. The molecule has 0 aliphatic heterocycles. The van der Waals surface area contributed by atoms with Crippen molar-refractivity contribution >= 4 is 5.69 Å². The van der Waals surface area contributed by atoms with Gasteiger partial charge in [0.25, 0.3) is 0 Å². The van der Waals surface area contributed by atoms with Crippen molar-refractivity contribution in [2.24, 2.45) is 0 Å². The maximum atomic E-state index is 12.4. The molecule has 1 aromatic rings. The first kappa shape index (κ1) is 13.6. The summed E-state index contributed by atoms with van der Waals surface area (Å²) in [6.07, 6.45) is -2.74. The van der Waals surface area contributed by atoms with Crippen molar-refractivity contribution in [2.75, 3.05) is 18.6 Å². The highest BCUT2D eigenvalue weighted by Gasteiger charge is 2.30. The van der Waals surface area contributed by atoms with E-state index in [2.05, 4.69) is 6.58 Å². The lowest BCUT2D eigenvalue weighted by Crippen LogP contribution is -2.35. The van der Waals surface area contributed by atoms with Gasteiger partial charge in [0.2, 0.25) is 0 Å². The number of anilines is 1. The van der Waals surface area contributed by atoms with Crippen LogP contribution in [0.1, 0.15) is 12.5 Å². The van der Waals surface area contributed by atoms with E-state index in [9.17, 15) is 13.2 Å². The predicted octanol–water partition coefficient (Wildman–Crippen LogP) is 3.52. The molecule has 0 unspecified atom stereocenters. The first-order valence-electron chi connectivity index (χ1n) is 5.20. The van der Waals surface area contributed by atoms with E-state index in [4.69, 9.17) is 0 Å². The molecule has 0 aromatic heterocycles. The van der Waals surface area contributed by atoms with Crippen molar-refractivity contribution in [3.8, 4) is 0 Å². The number of alkyl halides is 3. The average Bonchev–Trinajstić information content (AvgIpc) is 2.29. The molecule has 0 amide bonds. The van der Waals surface area contributed by atoms with E-state index in [0.29, 0.717) is 5.69 Å². The summed E-state index contributed by atoms with van der Waals surface area (Å²) in [6.45, 7) is 6.31. The van der Waals surface area contributed by atoms with Crippen molar-refractivity contribution < 1.29 is 13.2 Å². The van der Waals surface area contributed by atoms with Crippen LogP contribution in [0.5, 0.6) is 0 Å². The quantitative estimate of drug-likeness (QED) is 0.748. The molecule has 1 aromatic carbocycles. The zero-order valence-corrected chi connectivity index (χ0v) is 9.83. The predicted molar refractivity (Wildman–Crippen MR) is 62.4 cm³/mol. The summed E-state index contributed by atoms with van der Waals surface area (Å²) in [5.74, 6) is 0. The fourth-order valence-corrected chi connectivity index (χ4v) is 1.40. The third-order valence-corrected chi connectivity index (χ3v) is 2.46. The van der Waals surface area contributed by atoms with Crippen LogP contribution in [0, 0.1) is 0 Å². The molecule has 0 radical (unpaired) electrons. The van der Waals surface area contributed by atoms with Gasteiger partial charge in [-0.2, -0.15) is 13.2 Å². The Morgan fingerprint density at radius 2 is 1.76 bits per heavy atom. The van der Waals surface area contributed by atoms with Crippen LogP contribution in [0.3, 0.4) is 0 Å². The topological polar surface area (TPSA) is 6.48 Å².